The van der Waals surface area contributed by atoms with Gasteiger partial charge in [-0.2, -0.15) is 0 Å². The van der Waals surface area contributed by atoms with Crippen LogP contribution in [-0.2, 0) is 4.74 Å². The van der Waals surface area contributed by atoms with Crippen LogP contribution in [0.5, 0.6) is 0 Å². The van der Waals surface area contributed by atoms with Gasteiger partial charge >= 0.3 is 0 Å². The molecule has 0 unspecified atom stereocenters. The highest BCUT2D eigenvalue weighted by Gasteiger charge is 2.22. The Morgan fingerprint density at radius 3 is 2.74 bits per heavy atom. The Kier molecular flexibility index (Phi) is 4.31. The molecule has 0 aromatic heterocycles. The summed E-state index contributed by atoms with van der Waals surface area (Å²) in [6, 6.07) is 3.89. The van der Waals surface area contributed by atoms with Crippen LogP contribution in [0.25, 0.3) is 0 Å². The highest BCUT2D eigenvalue weighted by Crippen LogP contribution is 2.22. The molecule has 1 N–H and O–H groups in total. The van der Waals surface area contributed by atoms with Gasteiger partial charge in [-0.3, -0.25) is 20.3 Å². The standard InChI is InChI=1S/C11H12ClN3O4/c12-8-1-2-10(15(17)18)9(7-8)11(16)13-14-3-5-19-6-4-14/h1-2,7H,3-6H2,(H,13,16). The Balaban J connectivity index is 2.17. The van der Waals surface area contributed by atoms with Crippen molar-refractivity contribution in [3.05, 3.63) is 38.9 Å². The fourth-order valence-corrected chi connectivity index (χ4v) is 1.90. The first-order chi connectivity index (χ1) is 9.08. The van der Waals surface area contributed by atoms with Crippen molar-refractivity contribution in [2.75, 3.05) is 26.3 Å². The molecule has 1 heterocycles. The highest BCUT2D eigenvalue weighted by molar-refractivity contribution is 6.31. The number of hydrogen-bond donors (Lipinski definition) is 1. The number of nitro groups is 1. The fraction of sp³-hybridized carbons (Fsp3) is 0.364. The summed E-state index contributed by atoms with van der Waals surface area (Å²) in [6.07, 6.45) is 0. The van der Waals surface area contributed by atoms with Gasteiger partial charge in [-0.25, -0.2) is 5.01 Å². The lowest BCUT2D eigenvalue weighted by molar-refractivity contribution is -0.385. The largest absolute Gasteiger partial charge is 0.379 e. The highest BCUT2D eigenvalue weighted by atomic mass is 35.5. The molecule has 0 spiro atoms. The maximum Gasteiger partial charge on any atom is 0.282 e. The maximum absolute atomic E-state index is 12.0. The van der Waals surface area contributed by atoms with Crippen molar-refractivity contribution in [3.8, 4) is 0 Å². The quantitative estimate of drug-likeness (QED) is 0.667. The zero-order valence-electron chi connectivity index (χ0n) is 9.97. The summed E-state index contributed by atoms with van der Waals surface area (Å²) in [7, 11) is 0. The van der Waals surface area contributed by atoms with Crippen molar-refractivity contribution < 1.29 is 14.5 Å². The van der Waals surface area contributed by atoms with Gasteiger partial charge in [-0.15, -0.1) is 0 Å². The summed E-state index contributed by atoms with van der Waals surface area (Å²) in [5.41, 5.74) is 2.29. The Morgan fingerprint density at radius 1 is 1.42 bits per heavy atom. The van der Waals surface area contributed by atoms with E-state index in [1.54, 1.807) is 5.01 Å². The number of rotatable bonds is 3. The van der Waals surface area contributed by atoms with Gasteiger partial charge < -0.3 is 4.74 Å². The summed E-state index contributed by atoms with van der Waals surface area (Å²) in [5, 5.41) is 12.8. The number of nitrogens with one attached hydrogen (secondary N) is 1. The molecule has 8 heteroatoms. The molecule has 0 saturated carbocycles. The number of ether oxygens (including phenoxy) is 1. The lowest BCUT2D eigenvalue weighted by atomic mass is 10.1. The fourth-order valence-electron chi connectivity index (χ4n) is 1.73. The van der Waals surface area contributed by atoms with Gasteiger partial charge in [0.2, 0.25) is 0 Å². The van der Waals surface area contributed by atoms with E-state index < -0.39 is 10.8 Å². The maximum atomic E-state index is 12.0. The number of halogens is 1. The summed E-state index contributed by atoms with van der Waals surface area (Å²) < 4.78 is 5.15. The summed E-state index contributed by atoms with van der Waals surface area (Å²) in [4.78, 5) is 22.3. The second-order valence-electron chi connectivity index (χ2n) is 3.96. The van der Waals surface area contributed by atoms with Crippen molar-refractivity contribution in [1.82, 2.24) is 10.4 Å². The van der Waals surface area contributed by atoms with Crippen LogP contribution in [-0.4, -0.2) is 42.1 Å². The first-order valence-corrected chi connectivity index (χ1v) is 6.03. The van der Waals surface area contributed by atoms with Crippen molar-refractivity contribution in [3.63, 3.8) is 0 Å². The third kappa shape index (κ3) is 3.40. The van der Waals surface area contributed by atoms with Crippen LogP contribution in [0.3, 0.4) is 0 Å². The molecule has 1 aromatic rings. The second-order valence-corrected chi connectivity index (χ2v) is 4.40. The van der Waals surface area contributed by atoms with Crippen molar-refractivity contribution >= 4 is 23.2 Å². The van der Waals surface area contributed by atoms with E-state index in [0.29, 0.717) is 26.3 Å². The van der Waals surface area contributed by atoms with Gasteiger partial charge in [0.15, 0.2) is 0 Å². The van der Waals surface area contributed by atoms with Crippen LogP contribution < -0.4 is 5.43 Å². The minimum atomic E-state index is -0.607. The third-order valence-electron chi connectivity index (χ3n) is 2.67. The normalized spacial score (nSPS) is 16.1. The predicted molar refractivity (Wildman–Crippen MR) is 68.0 cm³/mol. The smallest absolute Gasteiger partial charge is 0.282 e. The third-order valence-corrected chi connectivity index (χ3v) is 2.91. The number of carbonyl (C=O) groups is 1. The summed E-state index contributed by atoms with van der Waals surface area (Å²) >= 11 is 5.77. The zero-order valence-corrected chi connectivity index (χ0v) is 10.7. The SMILES string of the molecule is O=C(NN1CCOCC1)c1cc(Cl)ccc1[N+](=O)[O-]. The molecular formula is C11H12ClN3O4. The molecule has 2 rings (SSSR count). The average molecular weight is 286 g/mol. The van der Waals surface area contributed by atoms with Crippen molar-refractivity contribution in [1.29, 1.82) is 0 Å². The Hall–Kier alpha value is -1.70. The Morgan fingerprint density at radius 2 is 2.11 bits per heavy atom. The molecule has 0 aliphatic carbocycles. The predicted octanol–water partition coefficient (Wildman–Crippen LogP) is 1.23. The van der Waals surface area contributed by atoms with E-state index in [1.165, 1.54) is 18.2 Å². The van der Waals surface area contributed by atoms with Crippen LogP contribution >= 0.6 is 11.6 Å². The van der Waals surface area contributed by atoms with Gasteiger partial charge in [0.05, 0.1) is 18.1 Å². The molecule has 1 saturated heterocycles. The molecule has 1 amide bonds. The van der Waals surface area contributed by atoms with Crippen LogP contribution in [0.4, 0.5) is 5.69 Å². The van der Waals surface area contributed by atoms with Crippen LogP contribution in [0.1, 0.15) is 10.4 Å². The van der Waals surface area contributed by atoms with E-state index in [4.69, 9.17) is 16.3 Å². The monoisotopic (exact) mass is 285 g/mol. The van der Waals surface area contributed by atoms with Crippen molar-refractivity contribution in [2.24, 2.45) is 0 Å². The summed E-state index contributed by atoms with van der Waals surface area (Å²) in [5.74, 6) is -0.545. The number of nitro benzene ring substituents is 1. The number of morpholine rings is 1. The van der Waals surface area contributed by atoms with E-state index in [-0.39, 0.29) is 16.3 Å². The molecule has 0 bridgehead atoms. The molecule has 1 fully saturated rings. The van der Waals surface area contributed by atoms with E-state index in [2.05, 4.69) is 5.43 Å². The second kappa shape index (κ2) is 5.96. The lowest BCUT2D eigenvalue weighted by Crippen LogP contribution is -2.48. The number of nitrogens with zero attached hydrogens (tertiary/aromatic N) is 2. The number of amides is 1. The van der Waals surface area contributed by atoms with E-state index in [1.807, 2.05) is 0 Å². The molecule has 7 nitrogen and oxygen atoms in total. The number of hydrogen-bond acceptors (Lipinski definition) is 5. The topological polar surface area (TPSA) is 84.7 Å². The number of carbonyl (C=O) groups excluding carboxylic acids is 1. The molecule has 0 radical (unpaired) electrons. The first-order valence-electron chi connectivity index (χ1n) is 5.65. The average Bonchev–Trinajstić information content (AvgIpc) is 2.39. The van der Waals surface area contributed by atoms with Gasteiger partial charge in [0.25, 0.3) is 11.6 Å². The van der Waals surface area contributed by atoms with Crippen molar-refractivity contribution in [2.45, 2.75) is 0 Å². The van der Waals surface area contributed by atoms with Gasteiger partial charge in [0.1, 0.15) is 5.56 Å². The lowest BCUT2D eigenvalue weighted by Gasteiger charge is -2.26. The summed E-state index contributed by atoms with van der Waals surface area (Å²) in [6.45, 7) is 2.11. The van der Waals surface area contributed by atoms with Crippen LogP contribution in [0.15, 0.2) is 18.2 Å². The van der Waals surface area contributed by atoms with E-state index >= 15 is 0 Å². The molecule has 102 valence electrons. The number of hydrazine groups is 1. The molecule has 1 aromatic carbocycles. The minimum Gasteiger partial charge on any atom is -0.379 e. The van der Waals surface area contributed by atoms with Crippen LogP contribution in [0.2, 0.25) is 5.02 Å². The molecule has 0 atom stereocenters. The van der Waals surface area contributed by atoms with Gasteiger partial charge in [0, 0.05) is 24.2 Å². The Bertz CT molecular complexity index is 503. The van der Waals surface area contributed by atoms with Gasteiger partial charge in [-0.05, 0) is 12.1 Å². The molecule has 1 aliphatic heterocycles. The van der Waals surface area contributed by atoms with E-state index in [0.717, 1.165) is 0 Å². The van der Waals surface area contributed by atoms with E-state index in [9.17, 15) is 14.9 Å². The minimum absolute atomic E-state index is 0.0519. The van der Waals surface area contributed by atoms with Crippen LogP contribution in [0, 0.1) is 10.1 Å². The zero-order chi connectivity index (χ0) is 13.8. The van der Waals surface area contributed by atoms with Gasteiger partial charge in [-0.1, -0.05) is 11.6 Å². The number of benzene rings is 1. The molecule has 1 aliphatic rings. The Labute approximate surface area is 114 Å². The molecule has 19 heavy (non-hydrogen) atoms. The molecular weight excluding hydrogens is 274 g/mol. The first kappa shape index (κ1) is 13.7.